The van der Waals surface area contributed by atoms with Crippen molar-refractivity contribution in [3.05, 3.63) is 0 Å². The van der Waals surface area contributed by atoms with E-state index in [1.54, 1.807) is 0 Å². The SMILES string of the molecule is Cl.O=C(C1CC1)N1CCCC(C(=O)N2CCC(N3CCNCC3)C2)C1. The third-order valence-corrected chi connectivity index (χ3v) is 6.15. The van der Waals surface area contributed by atoms with Crippen LogP contribution in [0.2, 0.25) is 0 Å². The molecular weight excluding hydrogens is 340 g/mol. The lowest BCUT2D eigenvalue weighted by Gasteiger charge is -2.35. The minimum atomic E-state index is 0. The van der Waals surface area contributed by atoms with E-state index in [1.807, 2.05) is 4.90 Å². The van der Waals surface area contributed by atoms with Crippen LogP contribution < -0.4 is 5.32 Å². The number of nitrogens with zero attached hydrogens (tertiary/aromatic N) is 3. The highest BCUT2D eigenvalue weighted by Crippen LogP contribution is 2.33. The number of halogens is 1. The van der Waals surface area contributed by atoms with Gasteiger partial charge in [0.15, 0.2) is 0 Å². The molecule has 2 unspecified atom stereocenters. The molecule has 0 aromatic rings. The summed E-state index contributed by atoms with van der Waals surface area (Å²) in [4.78, 5) is 31.8. The Labute approximate surface area is 156 Å². The first kappa shape index (κ1) is 18.9. The van der Waals surface area contributed by atoms with Gasteiger partial charge in [-0.15, -0.1) is 12.4 Å². The fourth-order valence-electron chi connectivity index (χ4n) is 4.51. The molecule has 4 rings (SSSR count). The molecule has 1 aliphatic carbocycles. The van der Waals surface area contributed by atoms with E-state index >= 15 is 0 Å². The molecule has 2 atom stereocenters. The van der Waals surface area contributed by atoms with Gasteiger partial charge >= 0.3 is 0 Å². The lowest BCUT2D eigenvalue weighted by molar-refractivity contribution is -0.140. The monoisotopic (exact) mass is 370 g/mol. The maximum Gasteiger partial charge on any atom is 0.227 e. The topological polar surface area (TPSA) is 55.9 Å². The second kappa shape index (κ2) is 8.23. The van der Waals surface area contributed by atoms with Crippen LogP contribution in [0.1, 0.15) is 32.1 Å². The average molecular weight is 371 g/mol. The number of piperidine rings is 1. The summed E-state index contributed by atoms with van der Waals surface area (Å²) in [6, 6.07) is 0.531. The number of likely N-dealkylation sites (tertiary alicyclic amines) is 2. The minimum Gasteiger partial charge on any atom is -0.342 e. The van der Waals surface area contributed by atoms with Gasteiger partial charge in [-0.3, -0.25) is 14.5 Å². The summed E-state index contributed by atoms with van der Waals surface area (Å²) in [7, 11) is 0. The zero-order valence-corrected chi connectivity index (χ0v) is 15.8. The van der Waals surface area contributed by atoms with Crippen LogP contribution in [0.5, 0.6) is 0 Å². The Morgan fingerprint density at radius 1 is 0.760 bits per heavy atom. The Bertz CT molecular complexity index is 493. The van der Waals surface area contributed by atoms with Crippen molar-refractivity contribution in [2.75, 3.05) is 52.4 Å². The van der Waals surface area contributed by atoms with Gasteiger partial charge in [-0.1, -0.05) is 0 Å². The van der Waals surface area contributed by atoms with Gasteiger partial charge in [-0.05, 0) is 32.1 Å². The molecule has 142 valence electrons. The second-order valence-electron chi connectivity index (χ2n) is 7.91. The molecule has 3 aliphatic heterocycles. The van der Waals surface area contributed by atoms with E-state index in [-0.39, 0.29) is 24.2 Å². The summed E-state index contributed by atoms with van der Waals surface area (Å²) in [5, 5.41) is 3.39. The van der Waals surface area contributed by atoms with Gasteiger partial charge in [0.05, 0.1) is 5.92 Å². The fourth-order valence-corrected chi connectivity index (χ4v) is 4.51. The molecule has 3 heterocycles. The summed E-state index contributed by atoms with van der Waals surface area (Å²) in [5.41, 5.74) is 0. The van der Waals surface area contributed by atoms with Crippen LogP contribution in [0.3, 0.4) is 0 Å². The number of carbonyl (C=O) groups excluding carboxylic acids is 2. The van der Waals surface area contributed by atoms with E-state index in [2.05, 4.69) is 15.1 Å². The van der Waals surface area contributed by atoms with E-state index in [1.165, 1.54) is 0 Å². The number of piperazine rings is 1. The lowest BCUT2D eigenvalue weighted by atomic mass is 9.96. The van der Waals surface area contributed by atoms with Gasteiger partial charge in [-0.25, -0.2) is 0 Å². The largest absolute Gasteiger partial charge is 0.342 e. The molecule has 0 radical (unpaired) electrons. The van der Waals surface area contributed by atoms with Gasteiger partial charge in [0.25, 0.3) is 0 Å². The van der Waals surface area contributed by atoms with Crippen molar-refractivity contribution in [3.8, 4) is 0 Å². The van der Waals surface area contributed by atoms with E-state index in [4.69, 9.17) is 0 Å². The third kappa shape index (κ3) is 4.29. The molecule has 6 nitrogen and oxygen atoms in total. The first-order valence-corrected chi connectivity index (χ1v) is 9.74. The number of carbonyl (C=O) groups is 2. The van der Waals surface area contributed by atoms with E-state index in [0.717, 1.165) is 77.9 Å². The second-order valence-corrected chi connectivity index (χ2v) is 7.91. The molecule has 1 saturated carbocycles. The first-order chi connectivity index (χ1) is 11.7. The predicted molar refractivity (Wildman–Crippen MR) is 98.7 cm³/mol. The molecule has 7 heteroatoms. The smallest absolute Gasteiger partial charge is 0.227 e. The van der Waals surface area contributed by atoms with Crippen LogP contribution in [0, 0.1) is 11.8 Å². The molecule has 4 aliphatic rings. The maximum absolute atomic E-state index is 12.9. The van der Waals surface area contributed by atoms with Gasteiger partial charge in [0.1, 0.15) is 0 Å². The summed E-state index contributed by atoms with van der Waals surface area (Å²) < 4.78 is 0. The zero-order chi connectivity index (χ0) is 16.5. The summed E-state index contributed by atoms with van der Waals surface area (Å²) >= 11 is 0. The molecule has 0 bridgehead atoms. The number of hydrogen-bond donors (Lipinski definition) is 1. The van der Waals surface area contributed by atoms with Crippen LogP contribution >= 0.6 is 12.4 Å². The Balaban J connectivity index is 0.00000182. The highest BCUT2D eigenvalue weighted by Gasteiger charge is 2.39. The van der Waals surface area contributed by atoms with Crippen molar-refractivity contribution in [1.82, 2.24) is 20.0 Å². The van der Waals surface area contributed by atoms with Crippen molar-refractivity contribution in [1.29, 1.82) is 0 Å². The van der Waals surface area contributed by atoms with Crippen LogP contribution in [-0.2, 0) is 9.59 Å². The van der Waals surface area contributed by atoms with Gasteiger partial charge in [0, 0.05) is 64.3 Å². The van der Waals surface area contributed by atoms with Crippen molar-refractivity contribution < 1.29 is 9.59 Å². The Kier molecular flexibility index (Phi) is 6.23. The van der Waals surface area contributed by atoms with E-state index in [9.17, 15) is 9.59 Å². The highest BCUT2D eigenvalue weighted by atomic mass is 35.5. The number of nitrogens with one attached hydrogen (secondary N) is 1. The maximum atomic E-state index is 12.9. The Morgan fingerprint density at radius 2 is 1.44 bits per heavy atom. The summed E-state index contributed by atoms with van der Waals surface area (Å²) in [6.45, 7) is 7.59. The molecule has 2 amide bonds. The van der Waals surface area contributed by atoms with Crippen molar-refractivity contribution >= 4 is 24.2 Å². The molecular formula is C18H31ClN4O2. The number of hydrogen-bond acceptors (Lipinski definition) is 4. The van der Waals surface area contributed by atoms with Crippen molar-refractivity contribution in [3.63, 3.8) is 0 Å². The highest BCUT2D eigenvalue weighted by molar-refractivity contribution is 5.85. The Hall–Kier alpha value is -0.850. The third-order valence-electron chi connectivity index (χ3n) is 6.15. The van der Waals surface area contributed by atoms with Gasteiger partial charge in [0.2, 0.25) is 11.8 Å². The first-order valence-electron chi connectivity index (χ1n) is 9.74. The summed E-state index contributed by atoms with van der Waals surface area (Å²) in [5.74, 6) is 0.888. The summed E-state index contributed by atoms with van der Waals surface area (Å²) in [6.07, 6.45) is 5.12. The number of amides is 2. The average Bonchev–Trinajstić information content (AvgIpc) is 3.38. The quantitative estimate of drug-likeness (QED) is 0.788. The predicted octanol–water partition coefficient (Wildman–Crippen LogP) is 0.563. The van der Waals surface area contributed by atoms with Gasteiger partial charge < -0.3 is 15.1 Å². The number of rotatable bonds is 3. The molecule has 0 aromatic heterocycles. The standard InChI is InChI=1S/C18H30N4O2.ClH/c23-17(14-3-4-14)21-8-1-2-15(12-21)18(24)22-9-5-16(13-22)20-10-6-19-7-11-20;/h14-16,19H,1-13H2;1H. The van der Waals surface area contributed by atoms with Crippen LogP contribution in [0.4, 0.5) is 0 Å². The fraction of sp³-hybridized carbons (Fsp3) is 0.889. The van der Waals surface area contributed by atoms with Crippen molar-refractivity contribution in [2.24, 2.45) is 11.8 Å². The van der Waals surface area contributed by atoms with E-state index < -0.39 is 0 Å². The molecule has 0 aromatic carbocycles. The Morgan fingerprint density at radius 3 is 2.16 bits per heavy atom. The van der Waals surface area contributed by atoms with Crippen LogP contribution in [0.15, 0.2) is 0 Å². The molecule has 1 N–H and O–H groups in total. The normalized spacial score (nSPS) is 30.9. The lowest BCUT2D eigenvalue weighted by Crippen LogP contribution is -2.50. The van der Waals surface area contributed by atoms with Crippen LogP contribution in [0.25, 0.3) is 0 Å². The molecule has 3 saturated heterocycles. The molecule has 0 spiro atoms. The van der Waals surface area contributed by atoms with Gasteiger partial charge in [-0.2, -0.15) is 0 Å². The minimum absolute atomic E-state index is 0. The van der Waals surface area contributed by atoms with Crippen molar-refractivity contribution in [2.45, 2.75) is 38.1 Å². The zero-order valence-electron chi connectivity index (χ0n) is 15.0. The molecule has 4 fully saturated rings. The van der Waals surface area contributed by atoms with E-state index in [0.29, 0.717) is 24.4 Å². The van der Waals surface area contributed by atoms with Crippen LogP contribution in [-0.4, -0.2) is 84.9 Å². The molecule has 25 heavy (non-hydrogen) atoms.